The van der Waals surface area contributed by atoms with Crippen LogP contribution in [0.5, 0.6) is 0 Å². The lowest BCUT2D eigenvalue weighted by Gasteiger charge is -2.34. The Bertz CT molecular complexity index is 899. The molecule has 172 valence electrons. The van der Waals surface area contributed by atoms with Crippen molar-refractivity contribution in [3.63, 3.8) is 0 Å². The lowest BCUT2D eigenvalue weighted by atomic mass is 9.83. The summed E-state index contributed by atoms with van der Waals surface area (Å²) in [5.74, 6) is -0.970. The van der Waals surface area contributed by atoms with Crippen molar-refractivity contribution in [2.75, 3.05) is 18.5 Å². The minimum atomic E-state index is -0.728. The number of halogens is 1. The van der Waals surface area contributed by atoms with Gasteiger partial charge in [0, 0.05) is 24.7 Å². The van der Waals surface area contributed by atoms with Crippen LogP contribution in [-0.4, -0.2) is 65.1 Å². The van der Waals surface area contributed by atoms with Gasteiger partial charge in [-0.25, -0.2) is 0 Å². The van der Waals surface area contributed by atoms with Crippen LogP contribution in [0.3, 0.4) is 0 Å². The van der Waals surface area contributed by atoms with Gasteiger partial charge in [-0.1, -0.05) is 19.3 Å². The van der Waals surface area contributed by atoms with Crippen LogP contribution in [0.15, 0.2) is 24.3 Å². The van der Waals surface area contributed by atoms with Gasteiger partial charge < -0.3 is 20.3 Å². The van der Waals surface area contributed by atoms with Gasteiger partial charge in [-0.2, -0.15) is 0 Å². The molecule has 0 unspecified atom stereocenters. The van der Waals surface area contributed by atoms with Crippen LogP contribution in [0, 0.1) is 5.92 Å². The molecule has 8 nitrogen and oxygen atoms in total. The van der Waals surface area contributed by atoms with Crippen molar-refractivity contribution >= 4 is 40.8 Å². The maximum atomic E-state index is 13.6. The summed E-state index contributed by atoms with van der Waals surface area (Å²) in [6, 6.07) is 5.10. The highest BCUT2D eigenvalue weighted by Crippen LogP contribution is 2.34. The molecule has 1 aliphatic carbocycles. The van der Waals surface area contributed by atoms with Gasteiger partial charge in [-0.3, -0.25) is 19.2 Å². The first kappa shape index (κ1) is 22.7. The van der Waals surface area contributed by atoms with Gasteiger partial charge >= 0.3 is 0 Å². The normalized spacial score (nSPS) is 26.5. The molecule has 2 aliphatic heterocycles. The highest BCUT2D eigenvalue weighted by atomic mass is 35.5. The molecule has 32 heavy (non-hydrogen) atoms. The molecule has 2 N–H and O–H groups in total. The molecule has 0 spiro atoms. The Balaban J connectivity index is 1.53. The number of nitrogens with zero attached hydrogens (tertiary/aromatic N) is 1. The zero-order chi connectivity index (χ0) is 22.8. The zero-order valence-electron chi connectivity index (χ0n) is 18.0. The van der Waals surface area contributed by atoms with Crippen LogP contribution in [0.1, 0.15) is 49.4 Å². The molecule has 9 heteroatoms. The molecule has 2 heterocycles. The van der Waals surface area contributed by atoms with Crippen molar-refractivity contribution in [1.29, 1.82) is 0 Å². The molecule has 0 bridgehead atoms. The van der Waals surface area contributed by atoms with Gasteiger partial charge in [0.2, 0.25) is 11.8 Å². The van der Waals surface area contributed by atoms with E-state index in [0.717, 1.165) is 32.1 Å². The molecule has 0 aromatic heterocycles. The van der Waals surface area contributed by atoms with Gasteiger partial charge in [0.15, 0.2) is 5.78 Å². The Kier molecular flexibility index (Phi) is 6.81. The predicted octanol–water partition coefficient (Wildman–Crippen LogP) is 2.11. The third-order valence-corrected chi connectivity index (χ3v) is 6.93. The summed E-state index contributed by atoms with van der Waals surface area (Å²) >= 11 is 6.37. The molecule has 3 aliphatic rings. The number of benzene rings is 1. The minimum Gasteiger partial charge on any atom is -0.366 e. The lowest BCUT2D eigenvalue weighted by molar-refractivity contribution is -0.139. The van der Waals surface area contributed by atoms with Crippen LogP contribution in [0.2, 0.25) is 0 Å². The monoisotopic (exact) mass is 461 g/mol. The average Bonchev–Trinajstić information content (AvgIpc) is 3.32. The number of alkyl halides is 1. The lowest BCUT2D eigenvalue weighted by Crippen LogP contribution is -2.55. The molecule has 2 saturated heterocycles. The number of fused-ring (bicyclic) bond motifs is 1. The van der Waals surface area contributed by atoms with E-state index in [1.807, 2.05) is 0 Å². The molecule has 1 saturated carbocycles. The topological polar surface area (TPSA) is 105 Å². The van der Waals surface area contributed by atoms with Crippen molar-refractivity contribution < 1.29 is 23.9 Å². The van der Waals surface area contributed by atoms with Gasteiger partial charge in [0.05, 0.1) is 5.38 Å². The second-order valence-corrected chi connectivity index (χ2v) is 9.36. The number of carbonyl (C=O) groups is 4. The maximum absolute atomic E-state index is 13.6. The fourth-order valence-corrected chi connectivity index (χ4v) is 5.34. The van der Waals surface area contributed by atoms with E-state index in [-0.39, 0.29) is 42.6 Å². The van der Waals surface area contributed by atoms with E-state index in [1.165, 1.54) is 11.8 Å². The number of rotatable bonds is 5. The van der Waals surface area contributed by atoms with Crippen LogP contribution >= 0.6 is 11.6 Å². The molecule has 4 rings (SSSR count). The maximum Gasteiger partial charge on any atom is 0.251 e. The SMILES string of the molecule is CC(=O)Nc1ccc(C(=O)N[C@H](C(=O)N2C[C@H](Cl)[C@H]3OCC(=O)[C@H]32)C2CCCCC2)cc1. The first-order valence-corrected chi connectivity index (χ1v) is 11.6. The summed E-state index contributed by atoms with van der Waals surface area (Å²) in [6.07, 6.45) is 4.31. The van der Waals surface area contributed by atoms with Gasteiger partial charge in [-0.15, -0.1) is 11.6 Å². The van der Waals surface area contributed by atoms with Crippen LogP contribution < -0.4 is 10.6 Å². The van der Waals surface area contributed by atoms with Gasteiger partial charge in [0.1, 0.15) is 24.8 Å². The summed E-state index contributed by atoms with van der Waals surface area (Å²) in [6.45, 7) is 1.60. The van der Waals surface area contributed by atoms with Gasteiger partial charge in [0.25, 0.3) is 5.91 Å². The summed E-state index contributed by atoms with van der Waals surface area (Å²) < 4.78 is 5.50. The Morgan fingerprint density at radius 2 is 1.81 bits per heavy atom. The van der Waals surface area contributed by atoms with E-state index in [4.69, 9.17) is 16.3 Å². The first-order chi connectivity index (χ1) is 15.3. The van der Waals surface area contributed by atoms with Crippen LogP contribution in [0.25, 0.3) is 0 Å². The van der Waals surface area contributed by atoms with Gasteiger partial charge in [-0.05, 0) is 43.0 Å². The molecule has 3 fully saturated rings. The second kappa shape index (κ2) is 9.58. The number of likely N-dealkylation sites (tertiary alicyclic amines) is 1. The van der Waals surface area contributed by atoms with Crippen LogP contribution in [-0.2, 0) is 19.1 Å². The summed E-state index contributed by atoms with van der Waals surface area (Å²) in [5.41, 5.74) is 0.979. The number of ketones is 1. The Labute approximate surface area is 192 Å². The highest BCUT2D eigenvalue weighted by molar-refractivity contribution is 6.22. The number of anilines is 1. The third-order valence-electron chi connectivity index (χ3n) is 6.55. The number of hydrogen-bond donors (Lipinski definition) is 2. The summed E-state index contributed by atoms with van der Waals surface area (Å²) in [7, 11) is 0. The molecule has 1 aromatic carbocycles. The molecular formula is C23H28ClN3O5. The van der Waals surface area contributed by atoms with E-state index in [0.29, 0.717) is 11.3 Å². The van der Waals surface area contributed by atoms with Crippen molar-refractivity contribution in [3.05, 3.63) is 29.8 Å². The molecule has 3 amide bonds. The van der Waals surface area contributed by atoms with Crippen LogP contribution in [0.4, 0.5) is 5.69 Å². The predicted molar refractivity (Wildman–Crippen MR) is 118 cm³/mol. The molecule has 0 radical (unpaired) electrons. The van der Waals surface area contributed by atoms with E-state index < -0.39 is 23.6 Å². The molecule has 1 aromatic rings. The number of Topliss-reactive ketones (excluding diaryl/α,β-unsaturated/α-hetero) is 1. The van der Waals surface area contributed by atoms with E-state index in [2.05, 4.69) is 10.6 Å². The Hall–Kier alpha value is -2.45. The van der Waals surface area contributed by atoms with Crippen molar-refractivity contribution in [3.8, 4) is 0 Å². The quantitative estimate of drug-likeness (QED) is 0.653. The summed E-state index contributed by atoms with van der Waals surface area (Å²) in [4.78, 5) is 51.7. The van der Waals surface area contributed by atoms with E-state index >= 15 is 0 Å². The van der Waals surface area contributed by atoms with E-state index in [9.17, 15) is 19.2 Å². The van der Waals surface area contributed by atoms with Crippen molar-refractivity contribution in [2.45, 2.75) is 62.6 Å². The number of nitrogens with one attached hydrogen (secondary N) is 2. The number of carbonyl (C=O) groups excluding carboxylic acids is 4. The number of ether oxygens (including phenoxy) is 1. The fourth-order valence-electron chi connectivity index (χ4n) is 4.98. The smallest absolute Gasteiger partial charge is 0.251 e. The summed E-state index contributed by atoms with van der Waals surface area (Å²) in [5, 5.41) is 5.15. The highest BCUT2D eigenvalue weighted by Gasteiger charge is 2.53. The Morgan fingerprint density at radius 3 is 2.47 bits per heavy atom. The second-order valence-electron chi connectivity index (χ2n) is 8.80. The van der Waals surface area contributed by atoms with Crippen molar-refractivity contribution in [1.82, 2.24) is 10.2 Å². The van der Waals surface area contributed by atoms with Crippen molar-refractivity contribution in [2.24, 2.45) is 5.92 Å². The first-order valence-electron chi connectivity index (χ1n) is 11.1. The minimum absolute atomic E-state index is 0.00380. The Morgan fingerprint density at radius 1 is 1.12 bits per heavy atom. The average molecular weight is 462 g/mol. The third kappa shape index (κ3) is 4.66. The fraction of sp³-hybridized carbons (Fsp3) is 0.565. The molecule has 4 atom stereocenters. The largest absolute Gasteiger partial charge is 0.366 e. The zero-order valence-corrected chi connectivity index (χ0v) is 18.8. The number of hydrogen-bond acceptors (Lipinski definition) is 5. The number of amides is 3. The van der Waals surface area contributed by atoms with E-state index in [1.54, 1.807) is 24.3 Å². The standard InChI is InChI=1S/C23H28ClN3O5/c1-13(28)25-16-9-7-15(8-10-16)22(30)26-19(14-5-3-2-4-6-14)23(31)27-11-17(24)21-20(27)18(29)12-32-21/h7-10,14,17,19-21H,2-6,11-12H2,1H3,(H,25,28)(H,26,30)/t17-,19-,20+,21+/m0/s1. The molecular weight excluding hydrogens is 434 g/mol.